The second-order valence-electron chi connectivity index (χ2n) is 4.37. The summed E-state index contributed by atoms with van der Waals surface area (Å²) < 4.78 is 13.6. The lowest BCUT2D eigenvalue weighted by Crippen LogP contribution is -2.19. The van der Waals surface area contributed by atoms with Crippen molar-refractivity contribution >= 4 is 11.3 Å². The van der Waals surface area contributed by atoms with Gasteiger partial charge in [-0.2, -0.15) is 0 Å². The summed E-state index contributed by atoms with van der Waals surface area (Å²) in [5, 5.41) is 4.35. The zero-order valence-corrected chi connectivity index (χ0v) is 11.6. The van der Waals surface area contributed by atoms with Crippen molar-refractivity contribution in [2.45, 2.75) is 33.4 Å². The molecule has 2 aromatic rings. The first-order valence-electron chi connectivity index (χ1n) is 5.98. The molecule has 0 amide bonds. The minimum absolute atomic E-state index is 0.0179. The molecule has 0 aliphatic heterocycles. The summed E-state index contributed by atoms with van der Waals surface area (Å²) in [7, 11) is 0. The van der Waals surface area contributed by atoms with Gasteiger partial charge in [-0.1, -0.05) is 18.2 Å². The van der Waals surface area contributed by atoms with Gasteiger partial charge in [0.25, 0.3) is 0 Å². The number of hydrogen-bond donors (Lipinski definition) is 1. The molecule has 1 N–H and O–H groups in total. The molecule has 0 radical (unpaired) electrons. The van der Waals surface area contributed by atoms with Crippen LogP contribution in [0.1, 0.15) is 34.1 Å². The molecule has 0 saturated heterocycles. The lowest BCUT2D eigenvalue weighted by atomic mass is 10.1. The van der Waals surface area contributed by atoms with Crippen molar-refractivity contribution in [3.63, 3.8) is 0 Å². The van der Waals surface area contributed by atoms with Crippen molar-refractivity contribution in [3.8, 4) is 0 Å². The Morgan fingerprint density at radius 1 is 1.33 bits per heavy atom. The minimum Gasteiger partial charge on any atom is -0.304 e. The number of hydrogen-bond acceptors (Lipinski definition) is 3. The number of nitrogens with zero attached hydrogens (tertiary/aromatic N) is 1. The van der Waals surface area contributed by atoms with Crippen LogP contribution >= 0.6 is 11.3 Å². The summed E-state index contributed by atoms with van der Waals surface area (Å²) in [5.74, 6) is -0.163. The molecule has 18 heavy (non-hydrogen) atoms. The summed E-state index contributed by atoms with van der Waals surface area (Å²) in [6, 6.07) is 6.85. The van der Waals surface area contributed by atoms with Crippen LogP contribution in [0.3, 0.4) is 0 Å². The molecule has 0 aliphatic carbocycles. The van der Waals surface area contributed by atoms with E-state index in [1.165, 1.54) is 10.9 Å². The fraction of sp³-hybridized carbons (Fsp3) is 0.357. The zero-order chi connectivity index (χ0) is 13.1. The van der Waals surface area contributed by atoms with Crippen LogP contribution in [0.4, 0.5) is 4.39 Å². The van der Waals surface area contributed by atoms with Gasteiger partial charge in [0.05, 0.1) is 5.69 Å². The van der Waals surface area contributed by atoms with Gasteiger partial charge in [-0.15, -0.1) is 11.3 Å². The second-order valence-corrected chi connectivity index (χ2v) is 5.66. The lowest BCUT2D eigenvalue weighted by Gasteiger charge is -2.13. The van der Waals surface area contributed by atoms with Crippen LogP contribution in [0.25, 0.3) is 0 Å². The Kier molecular flexibility index (Phi) is 4.09. The van der Waals surface area contributed by atoms with Crippen LogP contribution in [0.2, 0.25) is 0 Å². The van der Waals surface area contributed by atoms with Gasteiger partial charge in [-0.25, -0.2) is 9.37 Å². The third kappa shape index (κ3) is 2.94. The van der Waals surface area contributed by atoms with E-state index < -0.39 is 0 Å². The van der Waals surface area contributed by atoms with Gasteiger partial charge in [0.2, 0.25) is 0 Å². The number of benzene rings is 1. The number of aromatic nitrogens is 1. The van der Waals surface area contributed by atoms with E-state index >= 15 is 0 Å². The molecule has 1 atom stereocenters. The Bertz CT molecular complexity index is 517. The van der Waals surface area contributed by atoms with Gasteiger partial charge in [0.15, 0.2) is 0 Å². The third-order valence-corrected chi connectivity index (χ3v) is 4.08. The van der Waals surface area contributed by atoms with Gasteiger partial charge in [0.1, 0.15) is 10.8 Å². The Labute approximate surface area is 111 Å². The average Bonchev–Trinajstić information content (AvgIpc) is 2.66. The van der Waals surface area contributed by atoms with Gasteiger partial charge in [0, 0.05) is 23.0 Å². The second kappa shape index (κ2) is 5.59. The summed E-state index contributed by atoms with van der Waals surface area (Å²) in [5.41, 5.74) is 1.78. The number of thiazole rings is 1. The maximum absolute atomic E-state index is 13.6. The predicted molar refractivity (Wildman–Crippen MR) is 73.2 cm³/mol. The van der Waals surface area contributed by atoms with Crippen molar-refractivity contribution in [1.29, 1.82) is 0 Å². The first kappa shape index (κ1) is 13.2. The molecule has 4 heteroatoms. The molecular formula is C14H17FN2S. The minimum atomic E-state index is -0.163. The Balaban J connectivity index is 2.00. The molecule has 2 nitrogen and oxygen atoms in total. The number of aryl methyl sites for hydroxylation is 2. The van der Waals surface area contributed by atoms with Gasteiger partial charge >= 0.3 is 0 Å². The van der Waals surface area contributed by atoms with Gasteiger partial charge in [-0.05, 0) is 26.8 Å². The van der Waals surface area contributed by atoms with E-state index in [0.717, 1.165) is 10.7 Å². The van der Waals surface area contributed by atoms with Crippen molar-refractivity contribution in [1.82, 2.24) is 10.3 Å². The molecule has 0 fully saturated rings. The Morgan fingerprint density at radius 3 is 2.67 bits per heavy atom. The average molecular weight is 264 g/mol. The molecule has 2 rings (SSSR count). The smallest absolute Gasteiger partial charge is 0.127 e. The zero-order valence-electron chi connectivity index (χ0n) is 10.8. The van der Waals surface area contributed by atoms with Crippen LogP contribution in [-0.2, 0) is 6.54 Å². The molecular weight excluding hydrogens is 247 g/mol. The summed E-state index contributed by atoms with van der Waals surface area (Å²) in [6.07, 6.45) is 0. The highest BCUT2D eigenvalue weighted by Gasteiger charge is 2.10. The fourth-order valence-corrected chi connectivity index (χ4v) is 2.68. The lowest BCUT2D eigenvalue weighted by molar-refractivity contribution is 0.527. The van der Waals surface area contributed by atoms with Gasteiger partial charge < -0.3 is 5.32 Å². The Hall–Kier alpha value is -1.26. The summed E-state index contributed by atoms with van der Waals surface area (Å²) in [6.45, 7) is 6.72. The van der Waals surface area contributed by atoms with E-state index in [1.807, 2.05) is 26.0 Å². The van der Waals surface area contributed by atoms with Crippen LogP contribution < -0.4 is 5.32 Å². The topological polar surface area (TPSA) is 24.9 Å². The molecule has 0 aliphatic rings. The van der Waals surface area contributed by atoms with Crippen LogP contribution in [0.15, 0.2) is 24.3 Å². The molecule has 1 aromatic carbocycles. The maximum Gasteiger partial charge on any atom is 0.127 e. The molecule has 0 saturated carbocycles. The van der Waals surface area contributed by atoms with Crippen LogP contribution in [-0.4, -0.2) is 4.98 Å². The standard InChI is InChI=1S/C14H17FN2S/c1-9-11(3)18-14(17-9)8-16-10(2)12-6-4-5-7-13(12)15/h4-7,10,16H,8H2,1-3H3/t10-/m1/s1. The quantitative estimate of drug-likeness (QED) is 0.909. The molecule has 0 unspecified atom stereocenters. The van der Waals surface area contributed by atoms with Gasteiger partial charge in [-0.3, -0.25) is 0 Å². The molecule has 1 heterocycles. The van der Waals surface area contributed by atoms with Crippen molar-refractivity contribution in [3.05, 3.63) is 51.2 Å². The van der Waals surface area contributed by atoms with E-state index in [2.05, 4.69) is 17.2 Å². The van der Waals surface area contributed by atoms with E-state index in [1.54, 1.807) is 17.4 Å². The highest BCUT2D eigenvalue weighted by molar-refractivity contribution is 7.11. The molecule has 0 bridgehead atoms. The van der Waals surface area contributed by atoms with Crippen molar-refractivity contribution in [2.24, 2.45) is 0 Å². The molecule has 1 aromatic heterocycles. The molecule has 96 valence electrons. The Morgan fingerprint density at radius 2 is 2.06 bits per heavy atom. The number of rotatable bonds is 4. The number of nitrogens with one attached hydrogen (secondary N) is 1. The highest BCUT2D eigenvalue weighted by atomic mass is 32.1. The highest BCUT2D eigenvalue weighted by Crippen LogP contribution is 2.19. The fourth-order valence-electron chi connectivity index (χ4n) is 1.79. The summed E-state index contributed by atoms with van der Waals surface area (Å²) in [4.78, 5) is 5.70. The van der Waals surface area contributed by atoms with E-state index in [0.29, 0.717) is 12.1 Å². The molecule has 0 spiro atoms. The predicted octanol–water partition coefficient (Wildman–Crippen LogP) is 3.75. The largest absolute Gasteiger partial charge is 0.304 e. The monoisotopic (exact) mass is 264 g/mol. The first-order valence-corrected chi connectivity index (χ1v) is 6.80. The van der Waals surface area contributed by atoms with Crippen LogP contribution in [0, 0.1) is 19.7 Å². The van der Waals surface area contributed by atoms with Crippen LogP contribution in [0.5, 0.6) is 0 Å². The summed E-state index contributed by atoms with van der Waals surface area (Å²) >= 11 is 1.69. The van der Waals surface area contributed by atoms with Crippen molar-refractivity contribution < 1.29 is 4.39 Å². The van der Waals surface area contributed by atoms with E-state index in [4.69, 9.17) is 0 Å². The SMILES string of the molecule is Cc1nc(CN[C@H](C)c2ccccc2F)sc1C. The normalized spacial score (nSPS) is 12.7. The third-order valence-electron chi connectivity index (χ3n) is 3.00. The maximum atomic E-state index is 13.6. The van der Waals surface area contributed by atoms with Crippen molar-refractivity contribution in [2.75, 3.05) is 0 Å². The number of halogens is 1. The first-order chi connectivity index (χ1) is 8.58. The van der Waals surface area contributed by atoms with E-state index in [9.17, 15) is 4.39 Å². The van der Waals surface area contributed by atoms with E-state index in [-0.39, 0.29) is 11.9 Å².